The number of hydrogen-bond acceptors (Lipinski definition) is 6. The van der Waals surface area contributed by atoms with Crippen molar-refractivity contribution in [3.05, 3.63) is 80.5 Å². The van der Waals surface area contributed by atoms with Gasteiger partial charge in [-0.05, 0) is 64.1 Å². The number of ether oxygens (including phenoxy) is 1. The summed E-state index contributed by atoms with van der Waals surface area (Å²) >= 11 is 4.76. The van der Waals surface area contributed by atoms with Crippen LogP contribution in [0, 0.1) is 6.92 Å². The summed E-state index contributed by atoms with van der Waals surface area (Å²) in [4.78, 5) is 32.6. The minimum atomic E-state index is -0.623. The fraction of sp³-hybridized carbons (Fsp3) is 0.276. The van der Waals surface area contributed by atoms with E-state index in [0.29, 0.717) is 28.7 Å². The molecule has 38 heavy (non-hydrogen) atoms. The smallest absolute Gasteiger partial charge is 0.344 e. The molecule has 2 aromatic carbocycles. The van der Waals surface area contributed by atoms with Gasteiger partial charge in [-0.1, -0.05) is 45.4 Å². The molecule has 0 bridgehead atoms. The molecule has 0 radical (unpaired) electrons. The van der Waals surface area contributed by atoms with Crippen LogP contribution in [0.1, 0.15) is 31.9 Å². The number of benzene rings is 2. The van der Waals surface area contributed by atoms with E-state index in [1.807, 2.05) is 80.1 Å². The number of aliphatic hydroxyl groups is 1. The van der Waals surface area contributed by atoms with Crippen molar-refractivity contribution in [1.29, 1.82) is 0 Å². The van der Waals surface area contributed by atoms with Gasteiger partial charge in [-0.3, -0.25) is 4.79 Å². The van der Waals surface area contributed by atoms with Crippen LogP contribution in [0.5, 0.6) is 0 Å². The van der Waals surface area contributed by atoms with Gasteiger partial charge in [0.2, 0.25) is 5.91 Å². The lowest BCUT2D eigenvalue weighted by molar-refractivity contribution is -0.138. The molecule has 0 atom stereocenters. The molecule has 1 amide bonds. The number of nitrogens with zero attached hydrogens (tertiary/aromatic N) is 3. The molecule has 0 unspecified atom stereocenters. The van der Waals surface area contributed by atoms with Gasteiger partial charge in [0.15, 0.2) is 0 Å². The molecule has 1 aliphatic heterocycles. The Labute approximate surface area is 235 Å². The first kappa shape index (κ1) is 27.7. The van der Waals surface area contributed by atoms with Gasteiger partial charge in [0, 0.05) is 40.2 Å². The number of thioether (sulfide) groups is 1. The molecule has 1 aliphatic rings. The molecule has 2 heterocycles. The molecule has 0 saturated heterocycles. The van der Waals surface area contributed by atoms with Crippen LogP contribution in [-0.2, 0) is 20.9 Å². The fourth-order valence-electron chi connectivity index (χ4n) is 4.23. The first-order chi connectivity index (χ1) is 18.2. The molecule has 1 aromatic heterocycles. The lowest BCUT2D eigenvalue weighted by Gasteiger charge is -2.19. The Bertz CT molecular complexity index is 1470. The van der Waals surface area contributed by atoms with Gasteiger partial charge in [0.1, 0.15) is 22.9 Å². The highest BCUT2D eigenvalue weighted by molar-refractivity contribution is 9.10. The van der Waals surface area contributed by atoms with Crippen molar-refractivity contribution >= 4 is 67.3 Å². The highest BCUT2D eigenvalue weighted by atomic mass is 79.9. The number of esters is 1. The number of rotatable bonds is 8. The topological polar surface area (TPSA) is 84.1 Å². The Morgan fingerprint density at radius 1 is 1.13 bits per heavy atom. The lowest BCUT2D eigenvalue weighted by Crippen LogP contribution is -2.33. The molecular formula is C29H30BrN3O4S. The fourth-order valence-corrected chi connectivity index (χ4v) is 5.62. The molecule has 0 spiro atoms. The Kier molecular flexibility index (Phi) is 8.79. The monoisotopic (exact) mass is 595 g/mol. The standard InChI is InChI=1S/C29H30BrN3O4S/c1-5-32(6-2)25(34)17-33-16-19(22-15-20(30)10-13-23(22)33)14-24-27(35)26(29(36)37-7-3)28(38-24)31-21-11-8-18(4)9-12-21/h8-16,35H,5-7,17H2,1-4H3/b24-14-,31-28?. The summed E-state index contributed by atoms with van der Waals surface area (Å²) in [6.07, 6.45) is 3.72. The molecule has 198 valence electrons. The molecule has 0 saturated carbocycles. The third kappa shape index (κ3) is 5.89. The number of amides is 1. The number of likely N-dealkylation sites (N-methyl/N-ethyl adjacent to an activating group) is 1. The van der Waals surface area contributed by atoms with Crippen LogP contribution in [-0.4, -0.2) is 51.2 Å². The predicted octanol–water partition coefficient (Wildman–Crippen LogP) is 6.77. The number of fused-ring (bicyclic) bond motifs is 1. The van der Waals surface area contributed by atoms with E-state index < -0.39 is 5.97 Å². The number of aryl methyl sites for hydroxylation is 1. The van der Waals surface area contributed by atoms with Crippen molar-refractivity contribution in [2.75, 3.05) is 19.7 Å². The largest absolute Gasteiger partial charge is 0.506 e. The Hall–Kier alpha value is -3.30. The van der Waals surface area contributed by atoms with Crippen molar-refractivity contribution in [3.63, 3.8) is 0 Å². The number of aliphatic imine (C=N–C) groups is 1. The molecule has 0 fully saturated rings. The van der Waals surface area contributed by atoms with Crippen LogP contribution in [0.3, 0.4) is 0 Å². The number of aliphatic hydroxyl groups excluding tert-OH is 1. The highest BCUT2D eigenvalue weighted by Crippen LogP contribution is 2.41. The zero-order valence-corrected chi connectivity index (χ0v) is 24.2. The van der Waals surface area contributed by atoms with E-state index in [0.717, 1.165) is 26.5 Å². The van der Waals surface area contributed by atoms with E-state index >= 15 is 0 Å². The van der Waals surface area contributed by atoms with Crippen LogP contribution in [0.15, 0.2) is 74.4 Å². The molecule has 0 aliphatic carbocycles. The van der Waals surface area contributed by atoms with E-state index in [9.17, 15) is 14.7 Å². The van der Waals surface area contributed by atoms with E-state index in [1.54, 1.807) is 11.8 Å². The van der Waals surface area contributed by atoms with E-state index in [-0.39, 0.29) is 30.4 Å². The summed E-state index contributed by atoms with van der Waals surface area (Å²) in [7, 11) is 0. The Morgan fingerprint density at radius 2 is 1.84 bits per heavy atom. The first-order valence-corrected chi connectivity index (χ1v) is 14.1. The van der Waals surface area contributed by atoms with Gasteiger partial charge >= 0.3 is 5.97 Å². The summed E-state index contributed by atoms with van der Waals surface area (Å²) in [6, 6.07) is 13.5. The summed E-state index contributed by atoms with van der Waals surface area (Å²) < 4.78 is 8.04. The summed E-state index contributed by atoms with van der Waals surface area (Å²) in [6.45, 7) is 9.31. The number of aromatic nitrogens is 1. The first-order valence-electron chi connectivity index (χ1n) is 12.5. The quantitative estimate of drug-likeness (QED) is 0.290. The van der Waals surface area contributed by atoms with Crippen LogP contribution >= 0.6 is 27.7 Å². The third-order valence-corrected chi connectivity index (χ3v) is 7.73. The predicted molar refractivity (Wildman–Crippen MR) is 158 cm³/mol. The summed E-state index contributed by atoms with van der Waals surface area (Å²) in [5, 5.41) is 12.4. The van der Waals surface area contributed by atoms with Crippen molar-refractivity contribution in [3.8, 4) is 0 Å². The zero-order valence-electron chi connectivity index (χ0n) is 21.8. The summed E-state index contributed by atoms with van der Waals surface area (Å²) in [5.41, 5.74) is 3.52. The second-order valence-electron chi connectivity index (χ2n) is 8.75. The number of carbonyl (C=O) groups is 2. The zero-order chi connectivity index (χ0) is 27.4. The van der Waals surface area contributed by atoms with Crippen molar-refractivity contribution < 1.29 is 19.4 Å². The maximum atomic E-state index is 12.9. The molecule has 7 nitrogen and oxygen atoms in total. The maximum absolute atomic E-state index is 12.9. The van der Waals surface area contributed by atoms with Gasteiger partial charge in [-0.25, -0.2) is 9.79 Å². The number of hydrogen-bond donors (Lipinski definition) is 1. The Morgan fingerprint density at radius 3 is 2.50 bits per heavy atom. The van der Waals surface area contributed by atoms with Gasteiger partial charge in [0.25, 0.3) is 0 Å². The van der Waals surface area contributed by atoms with Crippen molar-refractivity contribution in [1.82, 2.24) is 9.47 Å². The highest BCUT2D eigenvalue weighted by Gasteiger charge is 2.33. The average Bonchev–Trinajstić information content (AvgIpc) is 3.37. The van der Waals surface area contributed by atoms with Gasteiger partial charge in [-0.15, -0.1) is 0 Å². The van der Waals surface area contributed by atoms with E-state index in [4.69, 9.17) is 4.74 Å². The molecule has 9 heteroatoms. The summed E-state index contributed by atoms with van der Waals surface area (Å²) in [5.74, 6) is -0.764. The molecule has 1 N–H and O–H groups in total. The SMILES string of the molecule is CCOC(=O)C1=C(O)/C(=C/c2cn(CC(=O)N(CC)CC)c3ccc(Br)cc23)SC1=Nc1ccc(C)cc1. The number of carbonyl (C=O) groups excluding carboxylic acids is 2. The number of halogens is 1. The van der Waals surface area contributed by atoms with Gasteiger partial charge in [-0.2, -0.15) is 0 Å². The molecular weight excluding hydrogens is 566 g/mol. The van der Waals surface area contributed by atoms with Gasteiger partial charge < -0.3 is 19.3 Å². The maximum Gasteiger partial charge on any atom is 0.344 e. The van der Waals surface area contributed by atoms with Crippen molar-refractivity contribution in [2.45, 2.75) is 34.2 Å². The Balaban J connectivity index is 1.79. The van der Waals surface area contributed by atoms with Crippen LogP contribution < -0.4 is 0 Å². The second kappa shape index (κ2) is 12.0. The minimum absolute atomic E-state index is 0.0316. The van der Waals surface area contributed by atoms with E-state index in [2.05, 4.69) is 20.9 Å². The minimum Gasteiger partial charge on any atom is -0.506 e. The van der Waals surface area contributed by atoms with Crippen LogP contribution in [0.2, 0.25) is 0 Å². The third-order valence-electron chi connectivity index (χ3n) is 6.22. The molecule has 4 rings (SSSR count). The normalized spacial score (nSPS) is 15.6. The van der Waals surface area contributed by atoms with E-state index in [1.165, 1.54) is 11.8 Å². The van der Waals surface area contributed by atoms with Crippen LogP contribution in [0.4, 0.5) is 5.69 Å². The molecule has 3 aromatic rings. The lowest BCUT2D eigenvalue weighted by atomic mass is 10.1. The van der Waals surface area contributed by atoms with Gasteiger partial charge in [0.05, 0.1) is 17.2 Å². The van der Waals surface area contributed by atoms with Crippen LogP contribution in [0.25, 0.3) is 17.0 Å². The second-order valence-corrected chi connectivity index (χ2v) is 10.7. The average molecular weight is 597 g/mol. The van der Waals surface area contributed by atoms with Crippen molar-refractivity contribution in [2.24, 2.45) is 4.99 Å².